The molecule has 0 saturated heterocycles. The minimum absolute atomic E-state index is 0.000839. The van der Waals surface area contributed by atoms with E-state index in [1.54, 1.807) is 6.92 Å². The standard InChI is InChI=1S/C12H24O3/c1-4-6-7-8-9-10(3)11(13)12(14)15-5-2/h10-11,13H,4-9H2,1-3H3. The van der Waals surface area contributed by atoms with Crippen molar-refractivity contribution in [1.29, 1.82) is 0 Å². The minimum Gasteiger partial charge on any atom is -0.464 e. The van der Waals surface area contributed by atoms with Crippen LogP contribution in [-0.2, 0) is 9.53 Å². The first-order chi connectivity index (χ1) is 7.13. The number of aliphatic hydroxyl groups excluding tert-OH is 1. The quantitative estimate of drug-likeness (QED) is 0.501. The van der Waals surface area contributed by atoms with E-state index in [0.29, 0.717) is 6.61 Å². The molecule has 0 spiro atoms. The predicted octanol–water partition coefficient (Wildman–Crippen LogP) is 2.52. The molecule has 0 heterocycles. The molecule has 0 aromatic rings. The number of esters is 1. The summed E-state index contributed by atoms with van der Waals surface area (Å²) in [6, 6.07) is 0. The second kappa shape index (κ2) is 8.72. The molecule has 0 fully saturated rings. The molecule has 0 radical (unpaired) electrons. The van der Waals surface area contributed by atoms with E-state index in [9.17, 15) is 9.90 Å². The molecule has 1 N–H and O–H groups in total. The average Bonchev–Trinajstić information content (AvgIpc) is 2.23. The molecule has 2 atom stereocenters. The van der Waals surface area contributed by atoms with Crippen LogP contribution in [0, 0.1) is 5.92 Å². The van der Waals surface area contributed by atoms with Gasteiger partial charge in [0.05, 0.1) is 6.61 Å². The average molecular weight is 216 g/mol. The molecule has 0 amide bonds. The first-order valence-electron chi connectivity index (χ1n) is 5.98. The maximum absolute atomic E-state index is 11.2. The number of rotatable bonds is 8. The molecule has 3 nitrogen and oxygen atoms in total. The van der Waals surface area contributed by atoms with Crippen molar-refractivity contribution in [2.24, 2.45) is 5.92 Å². The molecule has 0 aromatic heterocycles. The normalized spacial score (nSPS) is 14.7. The highest BCUT2D eigenvalue weighted by molar-refractivity contribution is 5.74. The molecule has 3 heteroatoms. The van der Waals surface area contributed by atoms with Crippen molar-refractivity contribution in [1.82, 2.24) is 0 Å². The van der Waals surface area contributed by atoms with E-state index in [1.165, 1.54) is 19.3 Å². The van der Waals surface area contributed by atoms with Gasteiger partial charge < -0.3 is 9.84 Å². The monoisotopic (exact) mass is 216 g/mol. The Balaban J connectivity index is 3.68. The third-order valence-electron chi connectivity index (χ3n) is 2.58. The molecule has 0 aromatic carbocycles. The number of unbranched alkanes of at least 4 members (excludes halogenated alkanes) is 3. The lowest BCUT2D eigenvalue weighted by Gasteiger charge is -2.16. The van der Waals surface area contributed by atoms with Crippen molar-refractivity contribution in [3.8, 4) is 0 Å². The highest BCUT2D eigenvalue weighted by Crippen LogP contribution is 2.15. The number of hydrogen-bond donors (Lipinski definition) is 1. The molecule has 0 saturated carbocycles. The first kappa shape index (κ1) is 14.4. The van der Waals surface area contributed by atoms with Crippen LogP contribution in [0.3, 0.4) is 0 Å². The summed E-state index contributed by atoms with van der Waals surface area (Å²) in [7, 11) is 0. The predicted molar refractivity (Wildman–Crippen MR) is 60.6 cm³/mol. The fourth-order valence-electron chi connectivity index (χ4n) is 1.51. The van der Waals surface area contributed by atoms with E-state index in [4.69, 9.17) is 4.74 Å². The number of ether oxygens (including phenoxy) is 1. The lowest BCUT2D eigenvalue weighted by Crippen LogP contribution is -2.29. The van der Waals surface area contributed by atoms with Gasteiger partial charge in [0.15, 0.2) is 6.10 Å². The van der Waals surface area contributed by atoms with Crippen molar-refractivity contribution >= 4 is 5.97 Å². The Hall–Kier alpha value is -0.570. The summed E-state index contributed by atoms with van der Waals surface area (Å²) in [6.07, 6.45) is 4.62. The zero-order chi connectivity index (χ0) is 11.7. The van der Waals surface area contributed by atoms with Crippen LogP contribution < -0.4 is 0 Å². The summed E-state index contributed by atoms with van der Waals surface area (Å²) < 4.78 is 4.76. The minimum atomic E-state index is -0.952. The summed E-state index contributed by atoms with van der Waals surface area (Å²) in [5.74, 6) is -0.485. The summed E-state index contributed by atoms with van der Waals surface area (Å²) >= 11 is 0. The Morgan fingerprint density at radius 3 is 2.47 bits per heavy atom. The van der Waals surface area contributed by atoms with Crippen LogP contribution in [0.1, 0.15) is 52.9 Å². The highest BCUT2D eigenvalue weighted by Gasteiger charge is 2.22. The summed E-state index contributed by atoms with van der Waals surface area (Å²) in [6.45, 7) is 6.14. The van der Waals surface area contributed by atoms with Crippen LogP contribution in [0.15, 0.2) is 0 Å². The number of aliphatic hydroxyl groups is 1. The Morgan fingerprint density at radius 1 is 1.27 bits per heavy atom. The van der Waals surface area contributed by atoms with Crippen molar-refractivity contribution in [3.05, 3.63) is 0 Å². The lowest BCUT2D eigenvalue weighted by atomic mass is 9.97. The fourth-order valence-corrected chi connectivity index (χ4v) is 1.51. The van der Waals surface area contributed by atoms with Gasteiger partial charge in [-0.25, -0.2) is 4.79 Å². The van der Waals surface area contributed by atoms with E-state index in [0.717, 1.165) is 12.8 Å². The van der Waals surface area contributed by atoms with Gasteiger partial charge in [-0.2, -0.15) is 0 Å². The topological polar surface area (TPSA) is 46.5 Å². The van der Waals surface area contributed by atoms with Gasteiger partial charge in [0.2, 0.25) is 0 Å². The van der Waals surface area contributed by atoms with Crippen LogP contribution in [-0.4, -0.2) is 23.8 Å². The van der Waals surface area contributed by atoms with Gasteiger partial charge in [-0.3, -0.25) is 0 Å². The SMILES string of the molecule is CCCCCCC(C)C(O)C(=O)OCC. The van der Waals surface area contributed by atoms with Crippen molar-refractivity contribution in [3.63, 3.8) is 0 Å². The Labute approximate surface area is 92.8 Å². The van der Waals surface area contributed by atoms with Gasteiger partial charge in [-0.1, -0.05) is 39.5 Å². The first-order valence-corrected chi connectivity index (χ1v) is 5.98. The number of hydrogen-bond acceptors (Lipinski definition) is 3. The van der Waals surface area contributed by atoms with Crippen molar-refractivity contribution in [2.75, 3.05) is 6.61 Å². The zero-order valence-corrected chi connectivity index (χ0v) is 10.2. The number of carbonyl (C=O) groups excluding carboxylic acids is 1. The highest BCUT2D eigenvalue weighted by atomic mass is 16.5. The largest absolute Gasteiger partial charge is 0.464 e. The van der Waals surface area contributed by atoms with E-state index < -0.39 is 12.1 Å². The molecule has 0 aliphatic carbocycles. The second-order valence-corrected chi connectivity index (χ2v) is 4.02. The van der Waals surface area contributed by atoms with Crippen LogP contribution >= 0.6 is 0 Å². The van der Waals surface area contributed by atoms with Crippen LogP contribution in [0.2, 0.25) is 0 Å². The van der Waals surface area contributed by atoms with Gasteiger partial charge in [0.25, 0.3) is 0 Å². The van der Waals surface area contributed by atoms with Crippen LogP contribution in [0.5, 0.6) is 0 Å². The molecule has 0 rings (SSSR count). The smallest absolute Gasteiger partial charge is 0.335 e. The van der Waals surface area contributed by atoms with Gasteiger partial charge in [0, 0.05) is 0 Å². The van der Waals surface area contributed by atoms with E-state index in [2.05, 4.69) is 6.92 Å². The summed E-state index contributed by atoms with van der Waals surface area (Å²) in [5, 5.41) is 9.60. The van der Waals surface area contributed by atoms with Gasteiger partial charge >= 0.3 is 5.97 Å². The van der Waals surface area contributed by atoms with Gasteiger partial charge in [0.1, 0.15) is 0 Å². The molecular formula is C12H24O3. The lowest BCUT2D eigenvalue weighted by molar-refractivity contribution is -0.155. The third kappa shape index (κ3) is 6.50. The van der Waals surface area contributed by atoms with E-state index in [-0.39, 0.29) is 5.92 Å². The second-order valence-electron chi connectivity index (χ2n) is 4.02. The molecule has 2 unspecified atom stereocenters. The molecular weight excluding hydrogens is 192 g/mol. The third-order valence-corrected chi connectivity index (χ3v) is 2.58. The van der Waals surface area contributed by atoms with Gasteiger partial charge in [-0.05, 0) is 19.3 Å². The Kier molecular flexibility index (Phi) is 8.38. The van der Waals surface area contributed by atoms with Crippen LogP contribution in [0.25, 0.3) is 0 Å². The number of carbonyl (C=O) groups is 1. The fraction of sp³-hybridized carbons (Fsp3) is 0.917. The Bertz CT molecular complexity index is 168. The maximum atomic E-state index is 11.2. The maximum Gasteiger partial charge on any atom is 0.335 e. The van der Waals surface area contributed by atoms with Gasteiger partial charge in [-0.15, -0.1) is 0 Å². The van der Waals surface area contributed by atoms with Crippen LogP contribution in [0.4, 0.5) is 0 Å². The van der Waals surface area contributed by atoms with E-state index in [1.807, 2.05) is 6.92 Å². The Morgan fingerprint density at radius 2 is 1.93 bits per heavy atom. The summed E-state index contributed by atoms with van der Waals surface area (Å²) in [4.78, 5) is 11.2. The molecule has 0 aliphatic heterocycles. The summed E-state index contributed by atoms with van der Waals surface area (Å²) in [5.41, 5.74) is 0. The van der Waals surface area contributed by atoms with Crippen molar-refractivity contribution < 1.29 is 14.6 Å². The van der Waals surface area contributed by atoms with Crippen molar-refractivity contribution in [2.45, 2.75) is 59.0 Å². The molecule has 0 aliphatic rings. The zero-order valence-electron chi connectivity index (χ0n) is 10.2. The molecule has 15 heavy (non-hydrogen) atoms. The van der Waals surface area contributed by atoms with E-state index >= 15 is 0 Å². The molecule has 0 bridgehead atoms. The molecule has 90 valence electrons.